The van der Waals surface area contributed by atoms with Gasteiger partial charge in [-0.1, -0.05) is 12.1 Å². The summed E-state index contributed by atoms with van der Waals surface area (Å²) >= 11 is 0. The van der Waals surface area contributed by atoms with Crippen LogP contribution < -0.4 is 9.47 Å². The fraction of sp³-hybridized carbons (Fsp3) is 0.111. The predicted octanol–water partition coefficient (Wildman–Crippen LogP) is 3.63. The third-order valence-corrected chi connectivity index (χ3v) is 3.08. The predicted molar refractivity (Wildman–Crippen MR) is 83.6 cm³/mol. The molecular weight excluding hydrogens is 276 g/mol. The molecule has 0 saturated heterocycles. The highest BCUT2D eigenvalue weighted by Crippen LogP contribution is 2.19. The van der Waals surface area contributed by atoms with Gasteiger partial charge in [-0.05, 0) is 36.4 Å². The van der Waals surface area contributed by atoms with Crippen LogP contribution in [0.1, 0.15) is 11.1 Å². The quantitative estimate of drug-likeness (QED) is 0.696. The lowest BCUT2D eigenvalue weighted by atomic mass is 10.3. The first-order chi connectivity index (χ1) is 10.9. The molecule has 2 aromatic heterocycles. The molecule has 22 heavy (non-hydrogen) atoms. The summed E-state index contributed by atoms with van der Waals surface area (Å²) in [5.74, 6) is 1.61. The van der Waals surface area contributed by atoms with Gasteiger partial charge in [0.1, 0.15) is 24.7 Å². The van der Waals surface area contributed by atoms with Crippen LogP contribution in [0.4, 0.5) is 0 Å². The second-order valence-corrected chi connectivity index (χ2v) is 4.77. The third kappa shape index (κ3) is 4.06. The van der Waals surface area contributed by atoms with E-state index in [1.165, 1.54) is 0 Å². The molecule has 0 aliphatic carbocycles. The Hall–Kier alpha value is -2.88. The molecule has 3 aromatic rings. The Labute approximate surface area is 129 Å². The molecule has 0 atom stereocenters. The van der Waals surface area contributed by atoms with Crippen LogP contribution in [0.3, 0.4) is 0 Å². The number of ether oxygens (including phenoxy) is 2. The van der Waals surface area contributed by atoms with E-state index in [1.807, 2.05) is 48.5 Å². The molecule has 110 valence electrons. The zero-order valence-electron chi connectivity index (χ0n) is 12.1. The second kappa shape index (κ2) is 7.22. The molecule has 2 heterocycles. The summed E-state index contributed by atoms with van der Waals surface area (Å²) < 4.78 is 11.4. The Morgan fingerprint density at radius 2 is 1.09 bits per heavy atom. The molecule has 0 saturated carbocycles. The lowest BCUT2D eigenvalue weighted by Crippen LogP contribution is -1.97. The maximum atomic E-state index is 5.70. The molecule has 1 aromatic carbocycles. The van der Waals surface area contributed by atoms with Gasteiger partial charge in [0, 0.05) is 35.9 Å². The van der Waals surface area contributed by atoms with Crippen molar-refractivity contribution in [3.63, 3.8) is 0 Å². The van der Waals surface area contributed by atoms with Gasteiger partial charge in [-0.2, -0.15) is 0 Å². The highest BCUT2D eigenvalue weighted by molar-refractivity contribution is 5.31. The third-order valence-electron chi connectivity index (χ3n) is 3.08. The van der Waals surface area contributed by atoms with Gasteiger partial charge in [-0.25, -0.2) is 0 Å². The Balaban J connectivity index is 1.52. The molecule has 0 bridgehead atoms. The average molecular weight is 292 g/mol. The lowest BCUT2D eigenvalue weighted by Gasteiger charge is -2.08. The smallest absolute Gasteiger partial charge is 0.120 e. The van der Waals surface area contributed by atoms with E-state index < -0.39 is 0 Å². The van der Waals surface area contributed by atoms with Crippen molar-refractivity contribution in [1.82, 2.24) is 9.97 Å². The Morgan fingerprint density at radius 1 is 0.636 bits per heavy atom. The fourth-order valence-corrected chi connectivity index (χ4v) is 1.93. The van der Waals surface area contributed by atoms with Crippen LogP contribution in [0.15, 0.2) is 73.3 Å². The molecular formula is C18H16N2O2. The molecule has 4 heteroatoms. The highest BCUT2D eigenvalue weighted by atomic mass is 16.5. The molecule has 0 unspecified atom stereocenters. The van der Waals surface area contributed by atoms with E-state index in [4.69, 9.17) is 9.47 Å². The van der Waals surface area contributed by atoms with Gasteiger partial charge in [0.25, 0.3) is 0 Å². The maximum absolute atomic E-state index is 5.70. The van der Waals surface area contributed by atoms with E-state index in [-0.39, 0.29) is 0 Å². The lowest BCUT2D eigenvalue weighted by molar-refractivity contribution is 0.297. The summed E-state index contributed by atoms with van der Waals surface area (Å²) in [6, 6.07) is 15.4. The number of benzene rings is 1. The van der Waals surface area contributed by atoms with E-state index in [0.717, 1.165) is 22.6 Å². The number of nitrogens with zero attached hydrogens (tertiary/aromatic N) is 2. The van der Waals surface area contributed by atoms with Crippen LogP contribution in [0.2, 0.25) is 0 Å². The van der Waals surface area contributed by atoms with E-state index in [2.05, 4.69) is 9.97 Å². The summed E-state index contributed by atoms with van der Waals surface area (Å²) in [4.78, 5) is 8.12. The number of hydrogen-bond acceptors (Lipinski definition) is 4. The minimum absolute atomic E-state index is 0.504. The molecule has 0 N–H and O–H groups in total. The largest absolute Gasteiger partial charge is 0.489 e. The van der Waals surface area contributed by atoms with Crippen LogP contribution in [0, 0.1) is 0 Å². The van der Waals surface area contributed by atoms with Gasteiger partial charge in [-0.15, -0.1) is 0 Å². The standard InChI is InChI=1S/C18H16N2O2/c1-3-15(11-19-9-1)13-21-17-5-7-18(8-6-17)22-14-16-4-2-10-20-12-16/h1-12H,13-14H2. The summed E-state index contributed by atoms with van der Waals surface area (Å²) in [7, 11) is 0. The van der Waals surface area contributed by atoms with Crippen molar-refractivity contribution in [3.05, 3.63) is 84.4 Å². The Kier molecular flexibility index (Phi) is 4.62. The molecule has 0 aliphatic rings. The van der Waals surface area contributed by atoms with Crippen LogP contribution >= 0.6 is 0 Å². The van der Waals surface area contributed by atoms with Crippen molar-refractivity contribution in [2.75, 3.05) is 0 Å². The molecule has 0 aliphatic heterocycles. The summed E-state index contributed by atoms with van der Waals surface area (Å²) in [5.41, 5.74) is 2.08. The second-order valence-electron chi connectivity index (χ2n) is 4.77. The Morgan fingerprint density at radius 3 is 1.45 bits per heavy atom. The van der Waals surface area contributed by atoms with Crippen molar-refractivity contribution >= 4 is 0 Å². The molecule has 3 rings (SSSR count). The van der Waals surface area contributed by atoms with Gasteiger partial charge >= 0.3 is 0 Å². The van der Waals surface area contributed by atoms with Crippen molar-refractivity contribution in [2.24, 2.45) is 0 Å². The summed E-state index contributed by atoms with van der Waals surface area (Å²) in [6.07, 6.45) is 7.09. The van der Waals surface area contributed by atoms with Crippen molar-refractivity contribution < 1.29 is 9.47 Å². The maximum Gasteiger partial charge on any atom is 0.120 e. The normalized spacial score (nSPS) is 10.2. The van der Waals surface area contributed by atoms with Crippen LogP contribution in [0.25, 0.3) is 0 Å². The molecule has 0 amide bonds. The first kappa shape index (κ1) is 14.1. The topological polar surface area (TPSA) is 44.2 Å². The van der Waals surface area contributed by atoms with E-state index >= 15 is 0 Å². The molecule has 4 nitrogen and oxygen atoms in total. The zero-order chi connectivity index (χ0) is 15.0. The first-order valence-corrected chi connectivity index (χ1v) is 7.03. The van der Waals surface area contributed by atoms with E-state index in [9.17, 15) is 0 Å². The molecule has 0 radical (unpaired) electrons. The van der Waals surface area contributed by atoms with Gasteiger partial charge in [0.15, 0.2) is 0 Å². The molecule has 0 fully saturated rings. The van der Waals surface area contributed by atoms with Gasteiger partial charge in [0.05, 0.1) is 0 Å². The average Bonchev–Trinajstić information content (AvgIpc) is 2.61. The van der Waals surface area contributed by atoms with Crippen LogP contribution in [-0.4, -0.2) is 9.97 Å². The van der Waals surface area contributed by atoms with Crippen molar-refractivity contribution in [2.45, 2.75) is 13.2 Å². The number of hydrogen-bond donors (Lipinski definition) is 0. The van der Waals surface area contributed by atoms with E-state index in [1.54, 1.807) is 24.8 Å². The summed E-state index contributed by atoms with van der Waals surface area (Å²) in [6.45, 7) is 1.01. The van der Waals surface area contributed by atoms with Gasteiger partial charge < -0.3 is 9.47 Å². The fourth-order valence-electron chi connectivity index (χ4n) is 1.93. The van der Waals surface area contributed by atoms with Crippen LogP contribution in [0.5, 0.6) is 11.5 Å². The highest BCUT2D eigenvalue weighted by Gasteiger charge is 1.99. The van der Waals surface area contributed by atoms with Crippen molar-refractivity contribution in [3.8, 4) is 11.5 Å². The molecule has 0 spiro atoms. The van der Waals surface area contributed by atoms with Gasteiger partial charge in [0.2, 0.25) is 0 Å². The zero-order valence-corrected chi connectivity index (χ0v) is 12.1. The summed E-state index contributed by atoms with van der Waals surface area (Å²) in [5, 5.41) is 0. The number of rotatable bonds is 6. The van der Waals surface area contributed by atoms with E-state index in [0.29, 0.717) is 13.2 Å². The van der Waals surface area contributed by atoms with Gasteiger partial charge in [-0.3, -0.25) is 9.97 Å². The Bertz CT molecular complexity index is 623. The monoisotopic (exact) mass is 292 g/mol. The van der Waals surface area contributed by atoms with Crippen LogP contribution in [-0.2, 0) is 13.2 Å². The number of pyridine rings is 2. The van der Waals surface area contributed by atoms with Crippen molar-refractivity contribution in [1.29, 1.82) is 0 Å². The minimum atomic E-state index is 0.504. The SMILES string of the molecule is c1cncc(COc2ccc(OCc3cccnc3)cc2)c1. The minimum Gasteiger partial charge on any atom is -0.489 e. The first-order valence-electron chi connectivity index (χ1n) is 7.03. The number of aromatic nitrogens is 2.